The van der Waals surface area contributed by atoms with Crippen LogP contribution in [0.4, 0.5) is 0 Å². The van der Waals surface area contributed by atoms with E-state index >= 15 is 0 Å². The molecule has 2 heteroatoms. The summed E-state index contributed by atoms with van der Waals surface area (Å²) in [5, 5.41) is 0. The van der Waals surface area contributed by atoms with Crippen molar-refractivity contribution < 1.29 is 4.74 Å². The molecule has 0 spiro atoms. The minimum Gasteiger partial charge on any atom is -0.382 e. The summed E-state index contributed by atoms with van der Waals surface area (Å²) in [6.45, 7) is 7.86. The van der Waals surface area contributed by atoms with Crippen LogP contribution < -0.4 is 5.73 Å². The molecule has 0 aromatic carbocycles. The molecule has 0 bridgehead atoms. The molecular weight excluding hydrogens is 126 g/mol. The minimum atomic E-state index is 0.292. The Kier molecular flexibility index (Phi) is 5.64. The summed E-state index contributed by atoms with van der Waals surface area (Å²) in [6.07, 6.45) is 1.07. The molecule has 0 aromatic rings. The Morgan fingerprint density at radius 3 is 2.40 bits per heavy atom. The lowest BCUT2D eigenvalue weighted by atomic mass is 10.0. The van der Waals surface area contributed by atoms with Crippen molar-refractivity contribution in [3.63, 3.8) is 0 Å². The van der Waals surface area contributed by atoms with E-state index in [1.165, 1.54) is 0 Å². The largest absolute Gasteiger partial charge is 0.382 e. The molecule has 10 heavy (non-hydrogen) atoms. The average molecular weight is 145 g/mol. The zero-order valence-electron chi connectivity index (χ0n) is 7.26. The molecular formula is C8H19NO. The summed E-state index contributed by atoms with van der Waals surface area (Å²) in [6, 6.07) is 0.292. The van der Waals surface area contributed by atoms with E-state index in [4.69, 9.17) is 10.5 Å². The van der Waals surface area contributed by atoms with Gasteiger partial charge in [-0.15, -0.1) is 0 Å². The summed E-state index contributed by atoms with van der Waals surface area (Å²) >= 11 is 0. The highest BCUT2D eigenvalue weighted by Gasteiger charge is 2.05. The van der Waals surface area contributed by atoms with E-state index in [1.807, 2.05) is 13.8 Å². The van der Waals surface area contributed by atoms with Gasteiger partial charge in [-0.2, -0.15) is 0 Å². The molecule has 0 saturated heterocycles. The van der Waals surface area contributed by atoms with Gasteiger partial charge in [-0.05, 0) is 26.2 Å². The Bertz CT molecular complexity index is 73.7. The van der Waals surface area contributed by atoms with Crippen molar-refractivity contribution in [3.05, 3.63) is 0 Å². The second-order valence-corrected chi connectivity index (χ2v) is 2.82. The number of hydrogen-bond donors (Lipinski definition) is 1. The molecule has 2 N–H and O–H groups in total. The van der Waals surface area contributed by atoms with Gasteiger partial charge in [-0.1, -0.05) is 6.92 Å². The fourth-order valence-electron chi connectivity index (χ4n) is 0.676. The van der Waals surface area contributed by atoms with E-state index in [0.29, 0.717) is 12.0 Å². The van der Waals surface area contributed by atoms with Gasteiger partial charge in [0, 0.05) is 19.3 Å². The van der Waals surface area contributed by atoms with Gasteiger partial charge in [0.1, 0.15) is 0 Å². The predicted molar refractivity (Wildman–Crippen MR) is 43.9 cm³/mol. The first-order chi connectivity index (χ1) is 4.68. The Morgan fingerprint density at radius 1 is 1.40 bits per heavy atom. The van der Waals surface area contributed by atoms with Crippen LogP contribution in [0.15, 0.2) is 0 Å². The summed E-state index contributed by atoms with van der Waals surface area (Å²) in [5.74, 6) is 0.576. The Labute approximate surface area is 63.7 Å². The molecule has 0 aromatic heterocycles. The van der Waals surface area contributed by atoms with Crippen LogP contribution >= 0.6 is 0 Å². The van der Waals surface area contributed by atoms with Crippen molar-refractivity contribution in [3.8, 4) is 0 Å². The highest BCUT2D eigenvalue weighted by Crippen LogP contribution is 2.04. The maximum atomic E-state index is 5.66. The highest BCUT2D eigenvalue weighted by molar-refractivity contribution is 4.62. The Hall–Kier alpha value is -0.0800. The van der Waals surface area contributed by atoms with Gasteiger partial charge in [0.2, 0.25) is 0 Å². The van der Waals surface area contributed by atoms with Crippen LogP contribution in [0.2, 0.25) is 0 Å². The summed E-state index contributed by atoms with van der Waals surface area (Å²) in [5.41, 5.74) is 5.66. The molecule has 0 radical (unpaired) electrons. The standard InChI is InChI=1S/C8H19NO/c1-4-10-6-5-7(2)8(3)9/h7-8H,4-6,9H2,1-3H3. The molecule has 0 fully saturated rings. The number of ether oxygens (including phenoxy) is 1. The van der Waals surface area contributed by atoms with E-state index < -0.39 is 0 Å². The lowest BCUT2D eigenvalue weighted by Crippen LogP contribution is -2.25. The lowest BCUT2D eigenvalue weighted by Gasteiger charge is -2.14. The topological polar surface area (TPSA) is 35.2 Å². The van der Waals surface area contributed by atoms with E-state index in [1.54, 1.807) is 0 Å². The van der Waals surface area contributed by atoms with E-state index in [0.717, 1.165) is 19.6 Å². The van der Waals surface area contributed by atoms with Gasteiger partial charge >= 0.3 is 0 Å². The van der Waals surface area contributed by atoms with Crippen LogP contribution in [0, 0.1) is 5.92 Å². The molecule has 0 aliphatic rings. The lowest BCUT2D eigenvalue weighted by molar-refractivity contribution is 0.131. The SMILES string of the molecule is CCOCCC(C)C(C)N. The molecule has 2 atom stereocenters. The molecule has 0 amide bonds. The molecule has 2 nitrogen and oxygen atoms in total. The molecule has 0 aliphatic heterocycles. The fourth-order valence-corrected chi connectivity index (χ4v) is 0.676. The van der Waals surface area contributed by atoms with E-state index in [2.05, 4.69) is 6.92 Å². The number of rotatable bonds is 5. The molecule has 2 unspecified atom stereocenters. The average Bonchev–Trinajstić information content (AvgIpc) is 1.88. The third-order valence-corrected chi connectivity index (χ3v) is 1.82. The maximum absolute atomic E-state index is 5.66. The maximum Gasteiger partial charge on any atom is 0.0469 e. The number of hydrogen-bond acceptors (Lipinski definition) is 2. The van der Waals surface area contributed by atoms with Gasteiger partial charge in [0.25, 0.3) is 0 Å². The third kappa shape index (κ3) is 4.77. The monoisotopic (exact) mass is 145 g/mol. The quantitative estimate of drug-likeness (QED) is 0.593. The van der Waals surface area contributed by atoms with Crippen molar-refractivity contribution in [1.82, 2.24) is 0 Å². The van der Waals surface area contributed by atoms with Crippen molar-refractivity contribution in [2.24, 2.45) is 11.7 Å². The minimum absolute atomic E-state index is 0.292. The molecule has 0 heterocycles. The van der Waals surface area contributed by atoms with Crippen molar-refractivity contribution in [2.75, 3.05) is 13.2 Å². The van der Waals surface area contributed by atoms with Crippen molar-refractivity contribution in [2.45, 2.75) is 33.2 Å². The Balaban J connectivity index is 3.13. The van der Waals surface area contributed by atoms with Gasteiger partial charge in [-0.25, -0.2) is 0 Å². The first-order valence-corrected chi connectivity index (χ1v) is 4.01. The van der Waals surface area contributed by atoms with E-state index in [9.17, 15) is 0 Å². The Morgan fingerprint density at radius 2 is 2.00 bits per heavy atom. The summed E-state index contributed by atoms with van der Waals surface area (Å²) in [4.78, 5) is 0. The van der Waals surface area contributed by atoms with Crippen molar-refractivity contribution >= 4 is 0 Å². The van der Waals surface area contributed by atoms with Gasteiger partial charge in [0.05, 0.1) is 0 Å². The first kappa shape index (κ1) is 9.92. The first-order valence-electron chi connectivity index (χ1n) is 4.01. The van der Waals surface area contributed by atoms with Gasteiger partial charge in [-0.3, -0.25) is 0 Å². The normalized spacial score (nSPS) is 16.8. The van der Waals surface area contributed by atoms with Crippen molar-refractivity contribution in [1.29, 1.82) is 0 Å². The van der Waals surface area contributed by atoms with Crippen LogP contribution in [-0.2, 0) is 4.74 Å². The second-order valence-electron chi connectivity index (χ2n) is 2.82. The zero-order chi connectivity index (χ0) is 7.98. The number of nitrogens with two attached hydrogens (primary N) is 1. The molecule has 62 valence electrons. The van der Waals surface area contributed by atoms with E-state index in [-0.39, 0.29) is 0 Å². The van der Waals surface area contributed by atoms with Crippen LogP contribution in [0.5, 0.6) is 0 Å². The van der Waals surface area contributed by atoms with Crippen LogP contribution in [0.1, 0.15) is 27.2 Å². The third-order valence-electron chi connectivity index (χ3n) is 1.82. The fraction of sp³-hybridized carbons (Fsp3) is 1.00. The van der Waals surface area contributed by atoms with Crippen LogP contribution in [0.3, 0.4) is 0 Å². The summed E-state index contributed by atoms with van der Waals surface area (Å²) < 4.78 is 5.20. The van der Waals surface area contributed by atoms with Crippen LogP contribution in [-0.4, -0.2) is 19.3 Å². The zero-order valence-corrected chi connectivity index (χ0v) is 7.26. The van der Waals surface area contributed by atoms with Gasteiger partial charge in [0.15, 0.2) is 0 Å². The second kappa shape index (κ2) is 5.69. The molecule has 0 saturated carbocycles. The smallest absolute Gasteiger partial charge is 0.0469 e. The molecule has 0 rings (SSSR count). The van der Waals surface area contributed by atoms with Crippen LogP contribution in [0.25, 0.3) is 0 Å². The highest BCUT2D eigenvalue weighted by atomic mass is 16.5. The summed E-state index contributed by atoms with van der Waals surface area (Å²) in [7, 11) is 0. The molecule has 0 aliphatic carbocycles. The van der Waals surface area contributed by atoms with Gasteiger partial charge < -0.3 is 10.5 Å². The predicted octanol–water partition coefficient (Wildman–Crippen LogP) is 1.40.